The average molecular weight is 526 g/mol. The molecule has 4 rings (SSSR count). The zero-order valence-corrected chi connectivity index (χ0v) is 20.8. The van der Waals surface area contributed by atoms with Gasteiger partial charge in [-0.15, -0.1) is 11.3 Å². The Kier molecular flexibility index (Phi) is 7.66. The lowest BCUT2D eigenvalue weighted by Gasteiger charge is -2.05. The molecule has 4 aromatic rings. The van der Waals surface area contributed by atoms with Crippen molar-refractivity contribution in [3.8, 4) is 5.69 Å². The Bertz CT molecular complexity index is 1460. The second kappa shape index (κ2) is 11.1. The van der Waals surface area contributed by atoms with Crippen LogP contribution in [0, 0.1) is 6.92 Å². The molecule has 0 fully saturated rings. The number of nitrogens with one attached hydrogen (secondary N) is 3. The fourth-order valence-electron chi connectivity index (χ4n) is 3.31. The van der Waals surface area contributed by atoms with E-state index < -0.39 is 23.4 Å². The van der Waals surface area contributed by atoms with Crippen LogP contribution in [0.2, 0.25) is 0 Å². The number of H-pyrrole nitrogens is 1. The number of esters is 1. The van der Waals surface area contributed by atoms with E-state index in [4.69, 9.17) is 9.26 Å². The van der Waals surface area contributed by atoms with Crippen molar-refractivity contribution in [2.75, 3.05) is 23.5 Å². The van der Waals surface area contributed by atoms with E-state index in [2.05, 4.69) is 15.9 Å². The molecule has 0 atom stereocenters. The highest BCUT2D eigenvalue weighted by molar-refractivity contribution is 7.99. The van der Waals surface area contributed by atoms with Gasteiger partial charge in [-0.25, -0.2) is 9.59 Å². The first-order chi connectivity index (χ1) is 17.4. The highest BCUT2D eigenvalue weighted by Gasteiger charge is 2.28. The number of aromatic nitrogens is 2. The summed E-state index contributed by atoms with van der Waals surface area (Å²) in [4.78, 5) is 50.5. The second-order valence-electron chi connectivity index (χ2n) is 7.37. The van der Waals surface area contributed by atoms with Gasteiger partial charge in [0.15, 0.2) is 0 Å². The van der Waals surface area contributed by atoms with Crippen molar-refractivity contribution in [2.45, 2.75) is 11.9 Å². The smallest absolute Gasteiger partial charge is 0.442 e. The molecule has 2 aromatic carbocycles. The lowest BCUT2D eigenvalue weighted by molar-refractivity contribution is -0.704. The first-order valence-electron chi connectivity index (χ1n) is 10.6. The number of ether oxygens (including phenoxy) is 1. The van der Waals surface area contributed by atoms with Crippen LogP contribution in [-0.2, 0) is 9.53 Å². The van der Waals surface area contributed by atoms with Crippen LogP contribution in [0.4, 0.5) is 10.7 Å². The van der Waals surface area contributed by atoms with Crippen molar-refractivity contribution in [2.24, 2.45) is 0 Å². The van der Waals surface area contributed by atoms with E-state index in [-0.39, 0.29) is 26.2 Å². The topological polar surface area (TPSA) is 134 Å². The van der Waals surface area contributed by atoms with Gasteiger partial charge in [-0.1, -0.05) is 36.4 Å². The molecule has 3 N–H and O–H groups in total. The number of amides is 2. The van der Waals surface area contributed by atoms with Crippen molar-refractivity contribution in [1.82, 2.24) is 5.27 Å². The number of thiophene rings is 1. The highest BCUT2D eigenvalue weighted by atomic mass is 32.2. The molecule has 0 saturated heterocycles. The maximum atomic E-state index is 12.9. The molecule has 2 aromatic heterocycles. The van der Waals surface area contributed by atoms with E-state index >= 15 is 0 Å². The molecule has 0 aliphatic heterocycles. The van der Waals surface area contributed by atoms with Crippen molar-refractivity contribution in [3.05, 3.63) is 87.1 Å². The number of aromatic amines is 1. The third-order valence-corrected chi connectivity index (χ3v) is 7.22. The normalized spacial score (nSPS) is 10.6. The zero-order valence-electron chi connectivity index (χ0n) is 19.2. The van der Waals surface area contributed by atoms with E-state index in [1.807, 2.05) is 12.1 Å². The standard InChI is InChI=1S/C24H20N4O6S2/c1-14-18(23(31)33-2)21(36-19(14)20(30)25-15-9-5-3-6-10-15)26-17(29)13-35-22-24(32)34-27-28(22)16-11-7-4-8-12-16/h3-12H,13H2,1-2H3,(H2-,25,26,27,29,30,31,32)/p+1. The number of nitrogens with zero attached hydrogens (tertiary/aromatic N) is 1. The molecule has 2 amide bonds. The Balaban J connectivity index is 1.53. The summed E-state index contributed by atoms with van der Waals surface area (Å²) in [5, 5.41) is 8.31. The average Bonchev–Trinajstić information content (AvgIpc) is 3.42. The minimum absolute atomic E-state index is 0.0968. The molecule has 0 radical (unpaired) electrons. The fraction of sp³-hybridized carbons (Fsp3) is 0.125. The molecular weight excluding hydrogens is 504 g/mol. The van der Waals surface area contributed by atoms with Gasteiger partial charge in [0.1, 0.15) is 5.00 Å². The molecule has 0 saturated carbocycles. The number of methoxy groups -OCH3 is 1. The number of anilines is 2. The Hall–Kier alpha value is -4.16. The van der Waals surface area contributed by atoms with E-state index in [0.717, 1.165) is 23.1 Å². The Morgan fingerprint density at radius 3 is 2.39 bits per heavy atom. The monoisotopic (exact) mass is 525 g/mol. The first kappa shape index (κ1) is 24.9. The summed E-state index contributed by atoms with van der Waals surface area (Å²) >= 11 is 1.93. The lowest BCUT2D eigenvalue weighted by atomic mass is 10.1. The molecular formula is C24H21N4O6S2+. The van der Waals surface area contributed by atoms with Crippen LogP contribution in [0.5, 0.6) is 0 Å². The van der Waals surface area contributed by atoms with Gasteiger partial charge < -0.3 is 15.4 Å². The van der Waals surface area contributed by atoms with Gasteiger partial charge in [0.05, 0.1) is 23.3 Å². The van der Waals surface area contributed by atoms with Crippen LogP contribution in [0.1, 0.15) is 25.6 Å². The van der Waals surface area contributed by atoms with Gasteiger partial charge in [0.25, 0.3) is 5.91 Å². The lowest BCUT2D eigenvalue weighted by Crippen LogP contribution is -2.36. The van der Waals surface area contributed by atoms with E-state index in [0.29, 0.717) is 16.9 Å². The molecule has 0 bridgehead atoms. The van der Waals surface area contributed by atoms with Crippen molar-refractivity contribution >= 4 is 51.6 Å². The molecule has 36 heavy (non-hydrogen) atoms. The summed E-state index contributed by atoms with van der Waals surface area (Å²) in [5.41, 5.74) is 1.10. The van der Waals surface area contributed by atoms with Gasteiger partial charge in [0.2, 0.25) is 11.6 Å². The number of para-hydroxylation sites is 2. The Labute approximate surface area is 213 Å². The van der Waals surface area contributed by atoms with E-state index in [9.17, 15) is 19.2 Å². The molecule has 10 nitrogen and oxygen atoms in total. The quantitative estimate of drug-likeness (QED) is 0.182. The Morgan fingerprint density at radius 1 is 1.06 bits per heavy atom. The minimum atomic E-state index is -0.682. The molecule has 0 unspecified atom stereocenters. The number of hydrogen-bond acceptors (Lipinski definition) is 8. The summed E-state index contributed by atoms with van der Waals surface area (Å²) in [6.07, 6.45) is 0. The van der Waals surface area contributed by atoms with Crippen LogP contribution in [0.3, 0.4) is 0 Å². The maximum Gasteiger partial charge on any atom is 0.442 e. The van der Waals surface area contributed by atoms with Crippen LogP contribution in [0.15, 0.2) is 75.0 Å². The van der Waals surface area contributed by atoms with Crippen molar-refractivity contribution in [1.29, 1.82) is 0 Å². The minimum Gasteiger partial charge on any atom is -0.465 e. The molecule has 0 aliphatic rings. The number of thioether (sulfide) groups is 1. The van der Waals surface area contributed by atoms with E-state index in [1.165, 1.54) is 11.8 Å². The van der Waals surface area contributed by atoms with Gasteiger partial charge in [0, 0.05) is 17.8 Å². The van der Waals surface area contributed by atoms with Crippen LogP contribution < -0.4 is 20.9 Å². The highest BCUT2D eigenvalue weighted by Crippen LogP contribution is 2.34. The van der Waals surface area contributed by atoms with Crippen molar-refractivity contribution < 1.29 is 28.3 Å². The van der Waals surface area contributed by atoms with E-state index in [1.54, 1.807) is 55.5 Å². The Morgan fingerprint density at radius 2 is 1.72 bits per heavy atom. The molecule has 2 heterocycles. The summed E-state index contributed by atoms with van der Waals surface area (Å²) in [6, 6.07) is 17.8. The number of carbonyl (C=O) groups excluding carboxylic acids is 3. The first-order valence-corrected chi connectivity index (χ1v) is 12.4. The number of hydrogen-bond donors (Lipinski definition) is 3. The largest absolute Gasteiger partial charge is 0.465 e. The summed E-state index contributed by atoms with van der Waals surface area (Å²) in [5.74, 6) is -1.74. The number of rotatable bonds is 8. The van der Waals surface area contributed by atoms with Crippen molar-refractivity contribution in [3.63, 3.8) is 0 Å². The molecule has 0 spiro atoms. The summed E-state index contributed by atoms with van der Waals surface area (Å²) in [6.45, 7) is 1.61. The predicted octanol–water partition coefficient (Wildman–Crippen LogP) is 3.38. The third kappa shape index (κ3) is 5.39. The fourth-order valence-corrected chi connectivity index (χ4v) is 5.18. The summed E-state index contributed by atoms with van der Waals surface area (Å²) in [7, 11) is 1.22. The molecule has 0 aliphatic carbocycles. The van der Waals surface area contributed by atoms with Gasteiger partial charge >= 0.3 is 16.6 Å². The molecule has 12 heteroatoms. The summed E-state index contributed by atoms with van der Waals surface area (Å²) < 4.78 is 11.2. The third-order valence-electron chi connectivity index (χ3n) is 4.99. The SMILES string of the molecule is COC(=O)c1c(NC(=O)CSc2c(=O)o[nH][n+]2-c2ccccc2)sc(C(=O)Nc2ccccc2)c1C. The second-order valence-corrected chi connectivity index (χ2v) is 9.35. The van der Waals surface area contributed by atoms with Gasteiger partial charge in [-0.3, -0.25) is 14.1 Å². The van der Waals surface area contributed by atoms with Crippen LogP contribution in [-0.4, -0.2) is 35.9 Å². The molecule has 184 valence electrons. The maximum absolute atomic E-state index is 12.9. The number of benzene rings is 2. The van der Waals surface area contributed by atoms with Crippen LogP contribution >= 0.6 is 23.1 Å². The van der Waals surface area contributed by atoms with Gasteiger partial charge in [-0.05, 0) is 46.3 Å². The zero-order chi connectivity index (χ0) is 25.7. The van der Waals surface area contributed by atoms with Gasteiger partial charge in [-0.2, -0.15) is 0 Å². The predicted molar refractivity (Wildman–Crippen MR) is 135 cm³/mol. The van der Waals surface area contributed by atoms with Crippen LogP contribution in [0.25, 0.3) is 5.69 Å². The number of carbonyl (C=O) groups is 3.